The largest absolute Gasteiger partial charge is 0.505 e. The smallest absolute Gasteiger partial charge is 0.165 e. The first-order chi connectivity index (χ1) is 16.4. The topological polar surface area (TPSA) is 81.7 Å². The van der Waals surface area contributed by atoms with Crippen LogP contribution >= 0.6 is 0 Å². The van der Waals surface area contributed by atoms with Crippen molar-refractivity contribution >= 4 is 13.3 Å². The van der Waals surface area contributed by atoms with Gasteiger partial charge < -0.3 is 5.11 Å². The summed E-state index contributed by atoms with van der Waals surface area (Å²) in [6.45, 7) is 3.12. The molecule has 2 heterocycles. The first-order valence-electron chi connectivity index (χ1n) is 10.9. The Morgan fingerprint density at radius 3 is 1.85 bits per heavy atom. The van der Waals surface area contributed by atoms with Crippen LogP contribution in [0.25, 0.3) is 22.5 Å². The van der Waals surface area contributed by atoms with Gasteiger partial charge in [0, 0.05) is 11.1 Å². The average molecular weight is 452 g/mol. The number of hydrogen-bond acceptors (Lipinski definition) is 5. The Bertz CT molecular complexity index is 1350. The molecule has 0 amide bonds. The molecule has 1 N–H and O–H groups in total. The van der Waals surface area contributed by atoms with Gasteiger partial charge in [-0.25, -0.2) is 13.8 Å². The van der Waals surface area contributed by atoms with Crippen LogP contribution in [-0.4, -0.2) is 42.9 Å². The van der Waals surface area contributed by atoms with Crippen molar-refractivity contribution in [2.45, 2.75) is 20.0 Å². The second-order valence-corrected chi connectivity index (χ2v) is 8.38. The van der Waals surface area contributed by atoms with Gasteiger partial charge in [-0.3, -0.25) is 0 Å². The third-order valence-electron chi connectivity index (χ3n) is 5.83. The lowest BCUT2D eigenvalue weighted by Crippen LogP contribution is -2.10. The number of phenols is 1. The minimum absolute atomic E-state index is 0.353. The lowest BCUT2D eigenvalue weighted by Gasteiger charge is -2.05. The molecular weight excluding hydrogens is 430 g/mol. The van der Waals surface area contributed by atoms with Crippen LogP contribution in [0.4, 0.5) is 4.39 Å². The fourth-order valence-electron chi connectivity index (χ4n) is 3.75. The summed E-state index contributed by atoms with van der Waals surface area (Å²) in [4.78, 5) is 0. The number of phenolic OH excluding ortho intramolecular Hbond substituents is 1. The molecule has 0 fully saturated rings. The van der Waals surface area contributed by atoms with Gasteiger partial charge in [-0.15, -0.1) is 10.2 Å². The van der Waals surface area contributed by atoms with Gasteiger partial charge >= 0.3 is 0 Å². The average Bonchev–Trinajstić information content (AvgIpc) is 3.49. The number of nitrogens with zero attached hydrogens (tertiary/aromatic N) is 6. The van der Waals surface area contributed by atoms with E-state index in [0.29, 0.717) is 24.3 Å². The molecule has 0 bridgehead atoms. The van der Waals surface area contributed by atoms with E-state index in [4.69, 9.17) is 0 Å². The first kappa shape index (κ1) is 21.6. The SMILES string of the molecule is Bc1cc(Cn2cc(-c3ccc(-c4cn(Cc5ccc(O)c(F)c5)nn4)cc3)nn2)ccc1C. The number of benzene rings is 3. The van der Waals surface area contributed by atoms with Crippen LogP contribution in [0.15, 0.2) is 73.1 Å². The fourth-order valence-corrected chi connectivity index (χ4v) is 3.75. The second-order valence-electron chi connectivity index (χ2n) is 8.38. The highest BCUT2D eigenvalue weighted by Crippen LogP contribution is 2.23. The van der Waals surface area contributed by atoms with E-state index in [-0.39, 0.29) is 5.75 Å². The van der Waals surface area contributed by atoms with Gasteiger partial charge in [0.05, 0.1) is 25.5 Å². The van der Waals surface area contributed by atoms with E-state index in [9.17, 15) is 9.50 Å². The third kappa shape index (κ3) is 4.59. The molecule has 0 aliphatic heterocycles. The van der Waals surface area contributed by atoms with Crippen molar-refractivity contribution in [1.82, 2.24) is 30.0 Å². The number of rotatable bonds is 6. The summed E-state index contributed by atoms with van der Waals surface area (Å²) in [6.07, 6.45) is 3.75. The van der Waals surface area contributed by atoms with Crippen molar-refractivity contribution in [2.75, 3.05) is 0 Å². The summed E-state index contributed by atoms with van der Waals surface area (Å²) < 4.78 is 17.0. The minimum Gasteiger partial charge on any atom is -0.505 e. The summed E-state index contributed by atoms with van der Waals surface area (Å²) in [5.41, 5.74) is 7.80. The normalized spacial score (nSPS) is 11.1. The number of aryl methyl sites for hydroxylation is 1. The Hall–Kier alpha value is -4.27. The van der Waals surface area contributed by atoms with E-state index in [1.54, 1.807) is 16.9 Å². The first-order valence-corrected chi connectivity index (χ1v) is 10.9. The summed E-state index contributed by atoms with van der Waals surface area (Å²) in [5, 5.41) is 26.3. The molecule has 0 aliphatic rings. The van der Waals surface area contributed by atoms with Crippen LogP contribution < -0.4 is 5.46 Å². The van der Waals surface area contributed by atoms with Crippen LogP contribution in [-0.2, 0) is 13.1 Å². The number of hydrogen-bond donors (Lipinski definition) is 1. The minimum atomic E-state index is -0.653. The third-order valence-corrected chi connectivity index (χ3v) is 5.83. The molecular formula is C25H22BFN6O. The molecule has 0 saturated carbocycles. The number of aromatic hydroxyl groups is 1. The van der Waals surface area contributed by atoms with E-state index in [1.807, 2.05) is 35.1 Å². The zero-order valence-corrected chi connectivity index (χ0v) is 18.9. The number of halogens is 1. The van der Waals surface area contributed by atoms with Gasteiger partial charge in [-0.05, 0) is 30.2 Å². The van der Waals surface area contributed by atoms with E-state index >= 15 is 0 Å². The molecule has 34 heavy (non-hydrogen) atoms. The lowest BCUT2D eigenvalue weighted by molar-refractivity contribution is 0.431. The number of aromatic nitrogens is 6. The van der Waals surface area contributed by atoms with Gasteiger partial charge in [0.2, 0.25) is 0 Å². The maximum Gasteiger partial charge on any atom is 0.165 e. The van der Waals surface area contributed by atoms with E-state index < -0.39 is 5.82 Å². The fraction of sp³-hybridized carbons (Fsp3) is 0.120. The van der Waals surface area contributed by atoms with Gasteiger partial charge in [-0.2, -0.15) is 0 Å². The summed E-state index contributed by atoms with van der Waals surface area (Å²) in [5.74, 6) is -1.02. The second kappa shape index (κ2) is 8.94. The van der Waals surface area contributed by atoms with E-state index in [0.717, 1.165) is 16.8 Å². The molecule has 2 aromatic heterocycles. The maximum atomic E-state index is 13.6. The Kier molecular flexibility index (Phi) is 5.67. The molecule has 7 nitrogen and oxygen atoms in total. The van der Waals surface area contributed by atoms with Crippen molar-refractivity contribution < 1.29 is 9.50 Å². The maximum absolute atomic E-state index is 13.6. The van der Waals surface area contributed by atoms with Crippen LogP contribution in [0.5, 0.6) is 5.75 Å². The highest BCUT2D eigenvalue weighted by atomic mass is 19.1. The standard InChI is InChI=1S/C25H22BFN6O/c1-16-2-3-17(10-21(16)26)12-32-14-23(28-30-32)19-5-7-20(8-6-19)24-15-33(31-29-24)13-18-4-9-25(34)22(27)11-18/h2-11,14-15,34H,12-13,26H2,1H3. The molecule has 0 atom stereocenters. The van der Waals surface area contributed by atoms with Gasteiger partial charge in [0.25, 0.3) is 0 Å². The zero-order valence-electron chi connectivity index (χ0n) is 18.9. The van der Waals surface area contributed by atoms with Gasteiger partial charge in [0.1, 0.15) is 19.2 Å². The predicted octanol–water partition coefficient (Wildman–Crippen LogP) is 2.71. The molecule has 3 aromatic carbocycles. The molecule has 0 saturated heterocycles. The van der Waals surface area contributed by atoms with Crippen LogP contribution in [0, 0.1) is 12.7 Å². The van der Waals surface area contributed by atoms with Crippen molar-refractivity contribution in [1.29, 1.82) is 0 Å². The monoisotopic (exact) mass is 452 g/mol. The summed E-state index contributed by atoms with van der Waals surface area (Å²) >= 11 is 0. The van der Waals surface area contributed by atoms with E-state index in [1.165, 1.54) is 28.7 Å². The molecule has 0 radical (unpaired) electrons. The van der Waals surface area contributed by atoms with Gasteiger partial charge in [-0.1, -0.05) is 70.0 Å². The van der Waals surface area contributed by atoms with Crippen LogP contribution in [0.2, 0.25) is 0 Å². The molecule has 5 aromatic rings. The molecule has 5 rings (SSSR count). The Morgan fingerprint density at radius 2 is 1.32 bits per heavy atom. The van der Waals surface area contributed by atoms with Gasteiger partial charge in [0.15, 0.2) is 11.6 Å². The van der Waals surface area contributed by atoms with Crippen LogP contribution in [0.1, 0.15) is 16.7 Å². The Morgan fingerprint density at radius 1 is 0.794 bits per heavy atom. The van der Waals surface area contributed by atoms with Crippen molar-refractivity contribution in [3.8, 4) is 28.3 Å². The summed E-state index contributed by atoms with van der Waals surface area (Å²) in [7, 11) is 2.11. The van der Waals surface area contributed by atoms with Crippen LogP contribution in [0.3, 0.4) is 0 Å². The van der Waals surface area contributed by atoms with E-state index in [2.05, 4.69) is 53.6 Å². The molecule has 0 spiro atoms. The van der Waals surface area contributed by atoms with Crippen molar-refractivity contribution in [2.24, 2.45) is 0 Å². The summed E-state index contributed by atoms with van der Waals surface area (Å²) in [6, 6.07) is 18.6. The quantitative estimate of drug-likeness (QED) is 0.401. The zero-order chi connectivity index (χ0) is 23.7. The lowest BCUT2D eigenvalue weighted by atomic mass is 9.90. The molecule has 0 aliphatic carbocycles. The van der Waals surface area contributed by atoms with Crippen molar-refractivity contribution in [3.63, 3.8) is 0 Å². The highest BCUT2D eigenvalue weighted by molar-refractivity contribution is 6.33. The highest BCUT2D eigenvalue weighted by Gasteiger charge is 2.09. The van der Waals surface area contributed by atoms with Crippen molar-refractivity contribution in [3.05, 3.63) is 95.6 Å². The predicted molar refractivity (Wildman–Crippen MR) is 130 cm³/mol. The molecule has 0 unspecified atom stereocenters. The molecule has 168 valence electrons. The Balaban J connectivity index is 1.28. The molecule has 9 heteroatoms. The Labute approximate surface area is 196 Å².